The number of rotatable bonds is 6. The summed E-state index contributed by atoms with van der Waals surface area (Å²) in [5.41, 5.74) is 0. The van der Waals surface area contributed by atoms with E-state index < -0.39 is 0 Å². The first-order chi connectivity index (χ1) is 7.15. The molecule has 0 radical (unpaired) electrons. The van der Waals surface area contributed by atoms with Gasteiger partial charge >= 0.3 is 0 Å². The molecule has 0 saturated carbocycles. The van der Waals surface area contributed by atoms with Crippen molar-refractivity contribution >= 4 is 17.6 Å². The Labute approximate surface area is 89.6 Å². The van der Waals surface area contributed by atoms with Crippen LogP contribution in [0, 0.1) is 0 Å². The number of hydrogen-bond donors (Lipinski definition) is 0. The molecule has 0 atom stereocenters. The van der Waals surface area contributed by atoms with Gasteiger partial charge in [0.15, 0.2) is 5.78 Å². The smallest absolute Gasteiger partial charge is 0.230 e. The number of carbonyl (C=O) groups is 3. The fraction of sp³-hybridized carbons (Fsp3) is 0.727. The van der Waals surface area contributed by atoms with Crippen molar-refractivity contribution in [2.45, 2.75) is 45.4 Å². The van der Waals surface area contributed by atoms with Crippen LogP contribution < -0.4 is 0 Å². The molecule has 1 saturated heterocycles. The first-order valence-electron chi connectivity index (χ1n) is 5.50. The summed E-state index contributed by atoms with van der Waals surface area (Å²) in [5, 5.41) is 0. The number of nitrogens with zero attached hydrogens (tertiary/aromatic N) is 1. The van der Waals surface area contributed by atoms with Gasteiger partial charge < -0.3 is 0 Å². The third kappa shape index (κ3) is 3.46. The highest BCUT2D eigenvalue weighted by Crippen LogP contribution is 2.12. The van der Waals surface area contributed by atoms with Gasteiger partial charge in [-0.25, -0.2) is 0 Å². The highest BCUT2D eigenvalue weighted by Gasteiger charge is 2.29. The van der Waals surface area contributed by atoms with Gasteiger partial charge in [-0.2, -0.15) is 0 Å². The maximum atomic E-state index is 11.4. The number of carbonyl (C=O) groups excluding carboxylic acids is 3. The van der Waals surface area contributed by atoms with Crippen LogP contribution in [0.1, 0.15) is 45.4 Å². The predicted octanol–water partition coefficient (Wildman–Crippen LogP) is 1.28. The molecule has 0 N–H and O–H groups in total. The lowest BCUT2D eigenvalue weighted by Gasteiger charge is -2.12. The average Bonchev–Trinajstić information content (AvgIpc) is 2.50. The van der Waals surface area contributed by atoms with E-state index in [1.165, 1.54) is 0 Å². The van der Waals surface area contributed by atoms with Crippen molar-refractivity contribution in [3.05, 3.63) is 0 Å². The molecule has 1 rings (SSSR count). The molecule has 1 aliphatic rings. The Bertz CT molecular complexity index is 257. The summed E-state index contributed by atoms with van der Waals surface area (Å²) in [6, 6.07) is 0. The van der Waals surface area contributed by atoms with Gasteiger partial charge in [0.1, 0.15) is 0 Å². The van der Waals surface area contributed by atoms with Crippen LogP contribution in [-0.4, -0.2) is 29.0 Å². The van der Waals surface area contributed by atoms with Crippen LogP contribution in [0.25, 0.3) is 0 Å². The van der Waals surface area contributed by atoms with Crippen LogP contribution >= 0.6 is 0 Å². The zero-order chi connectivity index (χ0) is 11.3. The van der Waals surface area contributed by atoms with Crippen molar-refractivity contribution in [2.24, 2.45) is 0 Å². The topological polar surface area (TPSA) is 54.5 Å². The summed E-state index contributed by atoms with van der Waals surface area (Å²) in [4.78, 5) is 34.9. The Hall–Kier alpha value is -1.19. The lowest BCUT2D eigenvalue weighted by molar-refractivity contribution is -0.141. The van der Waals surface area contributed by atoms with Crippen molar-refractivity contribution in [3.63, 3.8) is 0 Å². The van der Waals surface area contributed by atoms with E-state index in [-0.39, 0.29) is 37.0 Å². The van der Waals surface area contributed by atoms with Crippen molar-refractivity contribution < 1.29 is 14.4 Å². The minimum Gasteiger partial charge on any atom is -0.298 e. The van der Waals surface area contributed by atoms with Crippen LogP contribution in [0.2, 0.25) is 0 Å². The largest absolute Gasteiger partial charge is 0.298 e. The molecule has 1 heterocycles. The molecular formula is C11H17NO3. The molecule has 2 amide bonds. The summed E-state index contributed by atoms with van der Waals surface area (Å²) in [5.74, 6) is -0.417. The minimum atomic E-state index is -0.205. The molecule has 0 bridgehead atoms. The Morgan fingerprint density at radius 3 is 2.33 bits per heavy atom. The monoisotopic (exact) mass is 211 g/mol. The summed E-state index contributed by atoms with van der Waals surface area (Å²) in [6.07, 6.45) is 3.95. The quantitative estimate of drug-likeness (QED) is 0.491. The Balaban J connectivity index is 2.31. The van der Waals surface area contributed by atoms with Crippen LogP contribution in [0.4, 0.5) is 0 Å². The van der Waals surface area contributed by atoms with E-state index in [4.69, 9.17) is 0 Å². The fourth-order valence-corrected chi connectivity index (χ4v) is 1.63. The summed E-state index contributed by atoms with van der Waals surface area (Å²) >= 11 is 0. The molecule has 1 fully saturated rings. The van der Waals surface area contributed by atoms with Crippen molar-refractivity contribution in [3.8, 4) is 0 Å². The second-order valence-electron chi connectivity index (χ2n) is 3.87. The van der Waals surface area contributed by atoms with Gasteiger partial charge in [0.05, 0.1) is 6.54 Å². The fourth-order valence-electron chi connectivity index (χ4n) is 1.63. The minimum absolute atomic E-state index is 0.00736. The van der Waals surface area contributed by atoms with E-state index in [2.05, 4.69) is 6.92 Å². The molecule has 0 aromatic rings. The SMILES string of the molecule is CCCCCC(=O)CN1C(=O)CCC1=O. The molecule has 0 aromatic heterocycles. The number of hydrogen-bond acceptors (Lipinski definition) is 3. The maximum Gasteiger partial charge on any atom is 0.230 e. The van der Waals surface area contributed by atoms with Crippen LogP contribution in [0.15, 0.2) is 0 Å². The highest BCUT2D eigenvalue weighted by molar-refractivity contribution is 6.04. The lowest BCUT2D eigenvalue weighted by atomic mass is 10.1. The number of unbranched alkanes of at least 4 members (excludes halogenated alkanes) is 2. The van der Waals surface area contributed by atoms with E-state index in [0.717, 1.165) is 24.2 Å². The second-order valence-corrected chi connectivity index (χ2v) is 3.87. The summed E-state index contributed by atoms with van der Waals surface area (Å²) in [7, 11) is 0. The summed E-state index contributed by atoms with van der Waals surface area (Å²) < 4.78 is 0. The standard InChI is InChI=1S/C11H17NO3/c1-2-3-4-5-9(13)8-12-10(14)6-7-11(12)15/h2-8H2,1H3. The normalized spacial score (nSPS) is 16.2. The van der Waals surface area contributed by atoms with E-state index in [0.29, 0.717) is 6.42 Å². The van der Waals surface area contributed by atoms with Crippen molar-refractivity contribution in [2.75, 3.05) is 6.54 Å². The number of Topliss-reactive ketones (excluding diaryl/α,β-unsaturated/α-hetero) is 1. The highest BCUT2D eigenvalue weighted by atomic mass is 16.2. The molecule has 0 spiro atoms. The third-order valence-corrected chi connectivity index (χ3v) is 2.55. The van der Waals surface area contributed by atoms with Crippen LogP contribution in [0.5, 0.6) is 0 Å². The van der Waals surface area contributed by atoms with Crippen LogP contribution in [0.3, 0.4) is 0 Å². The van der Waals surface area contributed by atoms with E-state index >= 15 is 0 Å². The van der Waals surface area contributed by atoms with Gasteiger partial charge in [0, 0.05) is 19.3 Å². The van der Waals surface area contributed by atoms with E-state index in [1.54, 1.807) is 0 Å². The molecule has 1 aliphatic heterocycles. The van der Waals surface area contributed by atoms with Crippen molar-refractivity contribution in [1.29, 1.82) is 0 Å². The van der Waals surface area contributed by atoms with E-state index in [1.807, 2.05) is 0 Å². The molecular weight excluding hydrogens is 194 g/mol. The van der Waals surface area contributed by atoms with Gasteiger partial charge in [-0.1, -0.05) is 19.8 Å². The third-order valence-electron chi connectivity index (χ3n) is 2.55. The molecule has 0 unspecified atom stereocenters. The van der Waals surface area contributed by atoms with Gasteiger partial charge in [-0.05, 0) is 6.42 Å². The first-order valence-corrected chi connectivity index (χ1v) is 5.50. The summed E-state index contributed by atoms with van der Waals surface area (Å²) in [6.45, 7) is 2.05. The molecule has 15 heavy (non-hydrogen) atoms. The zero-order valence-electron chi connectivity index (χ0n) is 9.12. The number of amides is 2. The van der Waals surface area contributed by atoms with Crippen molar-refractivity contribution in [1.82, 2.24) is 4.90 Å². The first kappa shape index (κ1) is 11.9. The number of imide groups is 1. The van der Waals surface area contributed by atoms with Gasteiger partial charge in [-0.15, -0.1) is 0 Å². The number of likely N-dealkylation sites (tertiary alicyclic amines) is 1. The van der Waals surface area contributed by atoms with Gasteiger partial charge in [0.2, 0.25) is 11.8 Å². The molecule has 0 aromatic carbocycles. The second kappa shape index (κ2) is 5.63. The average molecular weight is 211 g/mol. The molecule has 84 valence electrons. The maximum absolute atomic E-state index is 11.4. The van der Waals surface area contributed by atoms with Crippen LogP contribution in [-0.2, 0) is 14.4 Å². The van der Waals surface area contributed by atoms with Gasteiger partial charge in [0.25, 0.3) is 0 Å². The molecule has 0 aliphatic carbocycles. The number of ketones is 1. The Morgan fingerprint density at radius 1 is 1.20 bits per heavy atom. The lowest BCUT2D eigenvalue weighted by Crippen LogP contribution is -2.34. The van der Waals surface area contributed by atoms with Gasteiger partial charge in [-0.3, -0.25) is 19.3 Å². The molecule has 4 heteroatoms. The Kier molecular flexibility index (Phi) is 4.46. The Morgan fingerprint density at radius 2 is 1.80 bits per heavy atom. The molecule has 4 nitrogen and oxygen atoms in total. The zero-order valence-corrected chi connectivity index (χ0v) is 9.12. The predicted molar refractivity (Wildman–Crippen MR) is 55.1 cm³/mol. The van der Waals surface area contributed by atoms with E-state index in [9.17, 15) is 14.4 Å².